The second kappa shape index (κ2) is 11.0. The molecule has 0 spiro atoms. The standard InChI is InChI=1S/C13H20/c1-3-5-7-9-11-13-12-10-8-6-4-2/h3,5,8-13H,4,6-7H2,1-2H3/b5-3+,10-8+,11-9+,13-12+. The summed E-state index contributed by atoms with van der Waals surface area (Å²) in [6, 6.07) is 0. The molecule has 0 aromatic heterocycles. The van der Waals surface area contributed by atoms with Crippen LogP contribution in [0.25, 0.3) is 0 Å². The van der Waals surface area contributed by atoms with E-state index in [0.717, 1.165) is 6.42 Å². The van der Waals surface area contributed by atoms with Crippen LogP contribution in [0.3, 0.4) is 0 Å². The second-order valence-corrected chi connectivity index (χ2v) is 2.83. The van der Waals surface area contributed by atoms with E-state index in [4.69, 9.17) is 0 Å². The summed E-state index contributed by atoms with van der Waals surface area (Å²) in [4.78, 5) is 0. The first kappa shape index (κ1) is 12.0. The minimum Gasteiger partial charge on any atom is -0.0914 e. The van der Waals surface area contributed by atoms with Gasteiger partial charge in [-0.15, -0.1) is 0 Å². The number of unbranched alkanes of at least 4 members (excludes halogenated alkanes) is 1. The van der Waals surface area contributed by atoms with Crippen LogP contribution in [0.5, 0.6) is 0 Å². The van der Waals surface area contributed by atoms with Gasteiger partial charge in [-0.3, -0.25) is 0 Å². The average molecular weight is 176 g/mol. The molecule has 0 aliphatic rings. The minimum absolute atomic E-state index is 1.03. The van der Waals surface area contributed by atoms with E-state index in [0.29, 0.717) is 0 Å². The van der Waals surface area contributed by atoms with Gasteiger partial charge in [-0.05, 0) is 19.8 Å². The smallest absolute Gasteiger partial charge is 0.0166 e. The zero-order valence-corrected chi connectivity index (χ0v) is 8.74. The summed E-state index contributed by atoms with van der Waals surface area (Å²) in [6.07, 6.45) is 20.3. The van der Waals surface area contributed by atoms with Crippen molar-refractivity contribution in [1.29, 1.82) is 0 Å². The van der Waals surface area contributed by atoms with E-state index in [1.165, 1.54) is 12.8 Å². The Morgan fingerprint density at radius 2 is 1.54 bits per heavy atom. The lowest BCUT2D eigenvalue weighted by atomic mass is 10.3. The predicted molar refractivity (Wildman–Crippen MR) is 61.8 cm³/mol. The molecule has 0 radical (unpaired) electrons. The second-order valence-electron chi connectivity index (χ2n) is 2.83. The molecule has 0 amide bonds. The Balaban J connectivity index is 3.44. The van der Waals surface area contributed by atoms with Crippen LogP contribution in [-0.4, -0.2) is 0 Å². The third-order valence-electron chi connectivity index (χ3n) is 1.57. The number of rotatable bonds is 6. The van der Waals surface area contributed by atoms with Crippen molar-refractivity contribution in [3.05, 3.63) is 48.6 Å². The molecule has 0 N–H and O–H groups in total. The summed E-state index contributed by atoms with van der Waals surface area (Å²) in [5.74, 6) is 0. The molecule has 72 valence electrons. The third-order valence-corrected chi connectivity index (χ3v) is 1.57. The van der Waals surface area contributed by atoms with Gasteiger partial charge in [0.15, 0.2) is 0 Å². The van der Waals surface area contributed by atoms with Crippen LogP contribution >= 0.6 is 0 Å². The van der Waals surface area contributed by atoms with Gasteiger partial charge in [-0.1, -0.05) is 62.0 Å². The molecule has 0 fully saturated rings. The van der Waals surface area contributed by atoms with E-state index < -0.39 is 0 Å². The Labute approximate surface area is 82.4 Å². The molecule has 0 saturated carbocycles. The van der Waals surface area contributed by atoms with Gasteiger partial charge in [-0.25, -0.2) is 0 Å². The van der Waals surface area contributed by atoms with Crippen molar-refractivity contribution in [2.24, 2.45) is 0 Å². The van der Waals surface area contributed by atoms with Crippen LogP contribution in [-0.2, 0) is 0 Å². The largest absolute Gasteiger partial charge is 0.0914 e. The number of hydrogen-bond acceptors (Lipinski definition) is 0. The summed E-state index contributed by atoms with van der Waals surface area (Å²) in [5.41, 5.74) is 0. The topological polar surface area (TPSA) is 0 Å². The highest BCUT2D eigenvalue weighted by Gasteiger charge is 1.69. The molecule has 0 aliphatic carbocycles. The highest BCUT2D eigenvalue weighted by molar-refractivity contribution is 5.11. The summed E-state index contributed by atoms with van der Waals surface area (Å²) in [5, 5.41) is 0. The Morgan fingerprint density at radius 3 is 2.15 bits per heavy atom. The molecular weight excluding hydrogens is 156 g/mol. The first-order valence-corrected chi connectivity index (χ1v) is 5.01. The SMILES string of the molecule is C/C=C/C/C=C/C=C/C=C/CCC. The van der Waals surface area contributed by atoms with Crippen LogP contribution in [0.4, 0.5) is 0 Å². The van der Waals surface area contributed by atoms with E-state index in [1.54, 1.807) is 0 Å². The predicted octanol–water partition coefficient (Wildman–Crippen LogP) is 4.42. The molecule has 0 aromatic rings. The zero-order chi connectivity index (χ0) is 9.78. The molecule has 0 atom stereocenters. The lowest BCUT2D eigenvalue weighted by Crippen LogP contribution is -1.59. The van der Waals surface area contributed by atoms with Gasteiger partial charge in [0.05, 0.1) is 0 Å². The van der Waals surface area contributed by atoms with Gasteiger partial charge >= 0.3 is 0 Å². The van der Waals surface area contributed by atoms with Crippen LogP contribution < -0.4 is 0 Å². The van der Waals surface area contributed by atoms with Gasteiger partial charge in [0.2, 0.25) is 0 Å². The first-order chi connectivity index (χ1) is 6.41. The van der Waals surface area contributed by atoms with E-state index in [2.05, 4.69) is 55.5 Å². The fraction of sp³-hybridized carbons (Fsp3) is 0.385. The molecule has 0 rings (SSSR count). The third kappa shape index (κ3) is 11.0. The highest BCUT2D eigenvalue weighted by Crippen LogP contribution is 1.90. The van der Waals surface area contributed by atoms with Crippen molar-refractivity contribution in [3.8, 4) is 0 Å². The Kier molecular flexibility index (Phi) is 10.1. The number of allylic oxidation sites excluding steroid dienone is 8. The minimum atomic E-state index is 1.03. The fourth-order valence-corrected chi connectivity index (χ4v) is 0.842. The molecule has 13 heavy (non-hydrogen) atoms. The highest BCUT2D eigenvalue weighted by atomic mass is 13.8. The monoisotopic (exact) mass is 176 g/mol. The maximum atomic E-state index is 2.19. The number of hydrogen-bond donors (Lipinski definition) is 0. The summed E-state index contributed by atoms with van der Waals surface area (Å²) < 4.78 is 0. The van der Waals surface area contributed by atoms with Gasteiger partial charge in [0, 0.05) is 0 Å². The quantitative estimate of drug-likeness (QED) is 0.415. The van der Waals surface area contributed by atoms with E-state index in [-0.39, 0.29) is 0 Å². The lowest BCUT2D eigenvalue weighted by molar-refractivity contribution is 0.959. The molecule has 0 nitrogen and oxygen atoms in total. The summed E-state index contributed by atoms with van der Waals surface area (Å²) >= 11 is 0. The molecular formula is C13H20. The Bertz CT molecular complexity index is 192. The van der Waals surface area contributed by atoms with E-state index in [9.17, 15) is 0 Å². The van der Waals surface area contributed by atoms with Crippen molar-refractivity contribution in [2.45, 2.75) is 33.1 Å². The van der Waals surface area contributed by atoms with Gasteiger partial charge in [0.25, 0.3) is 0 Å². The van der Waals surface area contributed by atoms with Crippen LogP contribution in [0.15, 0.2) is 48.6 Å². The Morgan fingerprint density at radius 1 is 0.846 bits per heavy atom. The average Bonchev–Trinajstić information content (AvgIpc) is 2.16. The van der Waals surface area contributed by atoms with Gasteiger partial charge < -0.3 is 0 Å². The maximum absolute atomic E-state index is 2.19. The molecule has 0 saturated heterocycles. The normalized spacial score (nSPS) is 13.1. The molecule has 0 aromatic carbocycles. The van der Waals surface area contributed by atoms with Crippen molar-refractivity contribution < 1.29 is 0 Å². The van der Waals surface area contributed by atoms with E-state index >= 15 is 0 Å². The molecule has 0 heterocycles. The van der Waals surface area contributed by atoms with Gasteiger partial charge in [-0.2, -0.15) is 0 Å². The van der Waals surface area contributed by atoms with Crippen molar-refractivity contribution >= 4 is 0 Å². The maximum Gasteiger partial charge on any atom is -0.0166 e. The molecule has 0 bridgehead atoms. The van der Waals surface area contributed by atoms with Gasteiger partial charge in [0.1, 0.15) is 0 Å². The van der Waals surface area contributed by atoms with Crippen LogP contribution in [0.2, 0.25) is 0 Å². The lowest BCUT2D eigenvalue weighted by Gasteiger charge is -1.80. The van der Waals surface area contributed by atoms with Crippen molar-refractivity contribution in [1.82, 2.24) is 0 Å². The summed E-state index contributed by atoms with van der Waals surface area (Å²) in [7, 11) is 0. The molecule has 0 unspecified atom stereocenters. The van der Waals surface area contributed by atoms with Crippen LogP contribution in [0, 0.1) is 0 Å². The zero-order valence-electron chi connectivity index (χ0n) is 8.74. The fourth-order valence-electron chi connectivity index (χ4n) is 0.842. The van der Waals surface area contributed by atoms with Crippen molar-refractivity contribution in [3.63, 3.8) is 0 Å². The molecule has 0 heteroatoms. The Hall–Kier alpha value is -1.04. The van der Waals surface area contributed by atoms with Crippen LogP contribution in [0.1, 0.15) is 33.1 Å². The van der Waals surface area contributed by atoms with Crippen molar-refractivity contribution in [2.75, 3.05) is 0 Å². The van der Waals surface area contributed by atoms with E-state index in [1.807, 2.05) is 6.92 Å². The molecule has 0 aliphatic heterocycles. The first-order valence-electron chi connectivity index (χ1n) is 5.01. The summed E-state index contributed by atoms with van der Waals surface area (Å²) in [6.45, 7) is 4.22.